The zero-order chi connectivity index (χ0) is 24.3. The monoisotopic (exact) mass is 470 g/mol. The van der Waals surface area contributed by atoms with Crippen molar-refractivity contribution in [3.05, 3.63) is 133 Å². The first-order chi connectivity index (χ1) is 18.3. The van der Waals surface area contributed by atoms with Gasteiger partial charge in [-0.05, 0) is 115 Å². The zero-order valence-corrected chi connectivity index (χ0v) is 20.1. The van der Waals surface area contributed by atoms with E-state index in [9.17, 15) is 0 Å². The van der Waals surface area contributed by atoms with Crippen LogP contribution in [-0.4, -0.2) is 0 Å². The maximum atomic E-state index is 6.68. The van der Waals surface area contributed by atoms with Crippen LogP contribution in [0.25, 0.3) is 64.6 Å². The van der Waals surface area contributed by atoms with Crippen LogP contribution in [0.3, 0.4) is 0 Å². The van der Waals surface area contributed by atoms with Crippen molar-refractivity contribution in [3.63, 3.8) is 0 Å². The summed E-state index contributed by atoms with van der Waals surface area (Å²) in [5, 5.41) is 14.5. The first kappa shape index (κ1) is 20.3. The van der Waals surface area contributed by atoms with Gasteiger partial charge in [-0.25, -0.2) is 0 Å². The van der Waals surface area contributed by atoms with E-state index in [-0.39, 0.29) is 0 Å². The van der Waals surface area contributed by atoms with Gasteiger partial charge in [-0.2, -0.15) is 0 Å². The topological polar surface area (TPSA) is 9.23 Å². The lowest BCUT2D eigenvalue weighted by Gasteiger charge is -2.13. The highest BCUT2D eigenvalue weighted by Crippen LogP contribution is 2.38. The summed E-state index contributed by atoms with van der Waals surface area (Å²) >= 11 is 0. The third kappa shape index (κ3) is 3.32. The van der Waals surface area contributed by atoms with Crippen molar-refractivity contribution in [2.45, 2.75) is 0 Å². The maximum absolute atomic E-state index is 6.68. The average Bonchev–Trinajstić information content (AvgIpc) is 2.93. The predicted molar refractivity (Wildman–Crippen MR) is 158 cm³/mol. The van der Waals surface area contributed by atoms with Gasteiger partial charge in [0, 0.05) is 10.8 Å². The van der Waals surface area contributed by atoms with E-state index in [0.29, 0.717) is 0 Å². The van der Waals surface area contributed by atoms with E-state index in [1.165, 1.54) is 53.9 Å². The minimum atomic E-state index is 0.874. The second kappa shape index (κ2) is 7.81. The highest BCUT2D eigenvalue weighted by Gasteiger charge is 2.10. The zero-order valence-electron chi connectivity index (χ0n) is 20.1. The summed E-state index contributed by atoms with van der Waals surface area (Å²) in [7, 11) is 0. The minimum Gasteiger partial charge on any atom is -0.456 e. The van der Waals surface area contributed by atoms with Crippen molar-refractivity contribution in [1.29, 1.82) is 0 Å². The van der Waals surface area contributed by atoms with E-state index in [1.54, 1.807) is 0 Å². The Bertz CT molecular complexity index is 2010. The molecule has 37 heavy (non-hydrogen) atoms. The van der Waals surface area contributed by atoms with Crippen LogP contribution < -0.4 is 4.74 Å². The highest BCUT2D eigenvalue weighted by atomic mass is 16.5. The van der Waals surface area contributed by atoms with E-state index in [1.807, 2.05) is 0 Å². The van der Waals surface area contributed by atoms with Gasteiger partial charge in [-0.3, -0.25) is 0 Å². The molecule has 0 aliphatic heterocycles. The largest absolute Gasteiger partial charge is 0.456 e. The second-order valence-corrected chi connectivity index (χ2v) is 9.85. The van der Waals surface area contributed by atoms with Crippen LogP contribution in [0.5, 0.6) is 11.5 Å². The molecule has 8 aromatic carbocycles. The lowest BCUT2D eigenvalue weighted by molar-refractivity contribution is 0.494. The van der Waals surface area contributed by atoms with E-state index < -0.39 is 0 Å². The molecule has 0 aliphatic carbocycles. The number of rotatable bonds is 2. The molecule has 1 nitrogen and oxygen atoms in total. The lowest BCUT2D eigenvalue weighted by atomic mass is 9.99. The Hall–Kier alpha value is -4.88. The van der Waals surface area contributed by atoms with Gasteiger partial charge in [0.2, 0.25) is 0 Å². The SMILES string of the molecule is c1ccc2cc3cc4c(Oc5cccc6cc7cc8ccccc8cc7cc56)cccc4cc3cc2c1. The molecule has 0 aromatic heterocycles. The summed E-state index contributed by atoms with van der Waals surface area (Å²) in [6, 6.07) is 47.9. The molecule has 0 fully saturated rings. The van der Waals surface area contributed by atoms with Crippen LogP contribution >= 0.6 is 0 Å². The second-order valence-electron chi connectivity index (χ2n) is 9.85. The molecule has 0 saturated heterocycles. The maximum Gasteiger partial charge on any atom is 0.135 e. The number of ether oxygens (including phenoxy) is 1. The fourth-order valence-corrected chi connectivity index (χ4v) is 5.68. The summed E-state index contributed by atoms with van der Waals surface area (Å²) < 4.78 is 6.68. The van der Waals surface area contributed by atoms with E-state index >= 15 is 0 Å². The fourth-order valence-electron chi connectivity index (χ4n) is 5.68. The van der Waals surface area contributed by atoms with Crippen LogP contribution in [-0.2, 0) is 0 Å². The first-order valence-corrected chi connectivity index (χ1v) is 12.7. The van der Waals surface area contributed by atoms with Crippen molar-refractivity contribution in [2.24, 2.45) is 0 Å². The van der Waals surface area contributed by atoms with Crippen LogP contribution in [0.15, 0.2) is 133 Å². The molecular weight excluding hydrogens is 448 g/mol. The quantitative estimate of drug-likeness (QED) is 0.228. The van der Waals surface area contributed by atoms with Gasteiger partial charge in [-0.15, -0.1) is 0 Å². The molecule has 8 aromatic rings. The average molecular weight is 471 g/mol. The Morgan fingerprint density at radius 2 is 0.595 bits per heavy atom. The Morgan fingerprint density at radius 3 is 1.00 bits per heavy atom. The smallest absolute Gasteiger partial charge is 0.135 e. The first-order valence-electron chi connectivity index (χ1n) is 12.7. The number of hydrogen-bond donors (Lipinski definition) is 0. The van der Waals surface area contributed by atoms with Crippen LogP contribution in [0.1, 0.15) is 0 Å². The highest BCUT2D eigenvalue weighted by molar-refractivity contribution is 6.08. The van der Waals surface area contributed by atoms with Crippen LogP contribution in [0.2, 0.25) is 0 Å². The van der Waals surface area contributed by atoms with Gasteiger partial charge in [0.15, 0.2) is 0 Å². The molecule has 0 amide bonds. The van der Waals surface area contributed by atoms with E-state index in [0.717, 1.165) is 22.3 Å². The molecule has 0 spiro atoms. The lowest BCUT2D eigenvalue weighted by Crippen LogP contribution is -1.89. The van der Waals surface area contributed by atoms with Crippen molar-refractivity contribution in [3.8, 4) is 11.5 Å². The Balaban J connectivity index is 1.30. The molecule has 172 valence electrons. The Morgan fingerprint density at radius 1 is 0.270 bits per heavy atom. The van der Waals surface area contributed by atoms with Gasteiger partial charge < -0.3 is 4.74 Å². The van der Waals surface area contributed by atoms with Gasteiger partial charge in [0.25, 0.3) is 0 Å². The van der Waals surface area contributed by atoms with Crippen molar-refractivity contribution >= 4 is 64.6 Å². The molecular formula is C36H22O. The molecule has 0 bridgehead atoms. The standard InChI is InChI=1S/C36H22O/c1-3-9-25-17-31-21-33-27(19-29(31)15-23(25)7-1)11-5-13-35(33)37-36-14-6-12-28-20-30-16-24-8-2-4-10-26(24)18-32(30)22-34(28)36/h1-22H. The molecule has 0 radical (unpaired) electrons. The number of benzene rings is 8. The van der Waals surface area contributed by atoms with Crippen molar-refractivity contribution in [1.82, 2.24) is 0 Å². The molecule has 8 rings (SSSR count). The fraction of sp³-hybridized carbons (Fsp3) is 0. The molecule has 1 heteroatoms. The normalized spacial score (nSPS) is 11.8. The molecule has 0 atom stereocenters. The molecule has 0 heterocycles. The predicted octanol–water partition coefficient (Wildman–Crippen LogP) is 10.4. The Kier molecular flexibility index (Phi) is 4.29. The van der Waals surface area contributed by atoms with Gasteiger partial charge in [-0.1, -0.05) is 72.8 Å². The van der Waals surface area contributed by atoms with Gasteiger partial charge in [0.1, 0.15) is 11.5 Å². The van der Waals surface area contributed by atoms with Crippen molar-refractivity contribution in [2.75, 3.05) is 0 Å². The van der Waals surface area contributed by atoms with Crippen molar-refractivity contribution < 1.29 is 4.74 Å². The molecule has 0 saturated carbocycles. The summed E-state index contributed by atoms with van der Waals surface area (Å²) in [5.74, 6) is 1.75. The summed E-state index contributed by atoms with van der Waals surface area (Å²) in [6.45, 7) is 0. The molecule has 0 N–H and O–H groups in total. The van der Waals surface area contributed by atoms with Crippen LogP contribution in [0.4, 0.5) is 0 Å². The van der Waals surface area contributed by atoms with Gasteiger partial charge >= 0.3 is 0 Å². The molecule has 0 aliphatic rings. The summed E-state index contributed by atoms with van der Waals surface area (Å²) in [6.07, 6.45) is 0. The number of hydrogen-bond acceptors (Lipinski definition) is 1. The summed E-state index contributed by atoms with van der Waals surface area (Å²) in [5.41, 5.74) is 0. The number of fused-ring (bicyclic) bond motifs is 6. The molecule has 0 unspecified atom stereocenters. The van der Waals surface area contributed by atoms with Gasteiger partial charge in [0.05, 0.1) is 0 Å². The van der Waals surface area contributed by atoms with E-state index in [2.05, 4.69) is 133 Å². The third-order valence-corrected chi connectivity index (χ3v) is 7.54. The van der Waals surface area contributed by atoms with Crippen LogP contribution in [0, 0.1) is 0 Å². The third-order valence-electron chi connectivity index (χ3n) is 7.54. The summed E-state index contributed by atoms with van der Waals surface area (Å²) in [4.78, 5) is 0. The Labute approximate surface area is 214 Å². The van der Waals surface area contributed by atoms with E-state index in [4.69, 9.17) is 4.74 Å². The minimum absolute atomic E-state index is 0.874.